The molecule has 0 amide bonds. The van der Waals surface area contributed by atoms with E-state index < -0.39 is 0 Å². The third-order valence-corrected chi connectivity index (χ3v) is 6.35. The molecule has 2 nitrogen and oxygen atoms in total. The maximum absolute atomic E-state index is 5.96. The highest BCUT2D eigenvalue weighted by molar-refractivity contribution is 7.15. The Morgan fingerprint density at radius 2 is 2.04 bits per heavy atom. The van der Waals surface area contributed by atoms with Crippen LogP contribution in [0.15, 0.2) is 42.5 Å². The van der Waals surface area contributed by atoms with E-state index in [0.717, 1.165) is 31.1 Å². The van der Waals surface area contributed by atoms with Gasteiger partial charge in [0, 0.05) is 22.8 Å². The lowest BCUT2D eigenvalue weighted by molar-refractivity contribution is 0.0336. The van der Waals surface area contributed by atoms with Crippen molar-refractivity contribution in [2.45, 2.75) is 25.7 Å². The molecule has 2 fully saturated rings. The molecule has 3 heteroatoms. The van der Waals surface area contributed by atoms with Gasteiger partial charge in [0.2, 0.25) is 0 Å². The van der Waals surface area contributed by atoms with E-state index in [0.29, 0.717) is 0 Å². The number of benzene rings is 1. The van der Waals surface area contributed by atoms with Crippen LogP contribution in [0.2, 0.25) is 0 Å². The van der Waals surface area contributed by atoms with Crippen molar-refractivity contribution in [2.24, 2.45) is 11.8 Å². The number of likely N-dealkylation sites (tertiary alicyclic amines) is 1. The van der Waals surface area contributed by atoms with Crippen molar-refractivity contribution in [3.05, 3.63) is 47.3 Å². The zero-order chi connectivity index (χ0) is 15.6. The van der Waals surface area contributed by atoms with E-state index in [2.05, 4.69) is 54.3 Å². The third kappa shape index (κ3) is 3.68. The van der Waals surface area contributed by atoms with E-state index in [1.807, 2.05) is 11.3 Å². The van der Waals surface area contributed by atoms with E-state index in [-0.39, 0.29) is 0 Å². The van der Waals surface area contributed by atoms with Gasteiger partial charge >= 0.3 is 0 Å². The van der Waals surface area contributed by atoms with Crippen molar-refractivity contribution in [1.29, 1.82) is 0 Å². The number of hydrogen-bond donors (Lipinski definition) is 0. The van der Waals surface area contributed by atoms with E-state index in [4.69, 9.17) is 4.74 Å². The summed E-state index contributed by atoms with van der Waals surface area (Å²) in [5.74, 6) is 2.31. The largest absolute Gasteiger partial charge is 0.366 e. The molecule has 1 aromatic heterocycles. The summed E-state index contributed by atoms with van der Waals surface area (Å²) in [6.45, 7) is 6.50. The number of hydrogen-bond acceptors (Lipinski definition) is 3. The Morgan fingerprint density at radius 1 is 1.17 bits per heavy atom. The van der Waals surface area contributed by atoms with Crippen molar-refractivity contribution >= 4 is 11.3 Å². The predicted octanol–water partition coefficient (Wildman–Crippen LogP) is 4.83. The molecule has 1 aliphatic heterocycles. The number of ether oxygens (including phenoxy) is 1. The van der Waals surface area contributed by atoms with Gasteiger partial charge < -0.3 is 4.74 Å². The highest BCUT2D eigenvalue weighted by atomic mass is 32.1. The molecule has 2 aromatic rings. The Kier molecular flexibility index (Phi) is 4.52. The maximum atomic E-state index is 5.96. The topological polar surface area (TPSA) is 12.5 Å². The van der Waals surface area contributed by atoms with Gasteiger partial charge in [-0.2, -0.15) is 0 Å². The fourth-order valence-electron chi connectivity index (χ4n) is 3.57. The molecule has 3 atom stereocenters. The van der Waals surface area contributed by atoms with Crippen LogP contribution >= 0.6 is 11.3 Å². The molecule has 1 saturated carbocycles. The monoisotopic (exact) mass is 327 g/mol. The zero-order valence-electron chi connectivity index (χ0n) is 13.8. The van der Waals surface area contributed by atoms with Gasteiger partial charge in [-0.05, 0) is 48.3 Å². The van der Waals surface area contributed by atoms with Crippen LogP contribution < -0.4 is 0 Å². The standard InChI is InChI=1S/C20H25NOS/c1-15-9-10-21(12-15)14-22-13-17-11-18(17)20-8-7-19(23-20)16-5-3-2-4-6-16/h2-8,15,17-18H,9-14H2,1H3. The Bertz CT molecular complexity index is 638. The summed E-state index contributed by atoms with van der Waals surface area (Å²) in [6, 6.07) is 15.3. The van der Waals surface area contributed by atoms with Crippen LogP contribution in [0.25, 0.3) is 10.4 Å². The summed E-state index contributed by atoms with van der Waals surface area (Å²) >= 11 is 1.95. The fourth-order valence-corrected chi connectivity index (χ4v) is 4.79. The van der Waals surface area contributed by atoms with Crippen LogP contribution in [-0.4, -0.2) is 31.3 Å². The van der Waals surface area contributed by atoms with Crippen LogP contribution in [0, 0.1) is 11.8 Å². The minimum Gasteiger partial charge on any atom is -0.366 e. The summed E-state index contributed by atoms with van der Waals surface area (Å²) < 4.78 is 5.96. The van der Waals surface area contributed by atoms with Crippen LogP contribution in [0.4, 0.5) is 0 Å². The van der Waals surface area contributed by atoms with E-state index >= 15 is 0 Å². The van der Waals surface area contributed by atoms with E-state index in [1.165, 1.54) is 41.2 Å². The molecule has 23 heavy (non-hydrogen) atoms. The lowest BCUT2D eigenvalue weighted by atomic mass is 10.2. The fraction of sp³-hybridized carbons (Fsp3) is 0.500. The van der Waals surface area contributed by atoms with E-state index in [9.17, 15) is 0 Å². The van der Waals surface area contributed by atoms with Gasteiger partial charge in [-0.25, -0.2) is 0 Å². The Morgan fingerprint density at radius 3 is 2.83 bits per heavy atom. The highest BCUT2D eigenvalue weighted by Gasteiger charge is 2.39. The average Bonchev–Trinajstić information content (AvgIpc) is 2.97. The van der Waals surface area contributed by atoms with Crippen molar-refractivity contribution in [3.8, 4) is 10.4 Å². The van der Waals surface area contributed by atoms with Gasteiger partial charge in [-0.3, -0.25) is 4.90 Å². The van der Waals surface area contributed by atoms with Crippen LogP contribution in [0.1, 0.15) is 30.6 Å². The zero-order valence-corrected chi connectivity index (χ0v) is 14.6. The minimum atomic E-state index is 0.731. The molecule has 2 aliphatic rings. The van der Waals surface area contributed by atoms with Crippen molar-refractivity contribution in [2.75, 3.05) is 26.4 Å². The predicted molar refractivity (Wildman–Crippen MR) is 96.8 cm³/mol. The second kappa shape index (κ2) is 6.76. The molecule has 122 valence electrons. The molecular weight excluding hydrogens is 302 g/mol. The lowest BCUT2D eigenvalue weighted by Crippen LogP contribution is -2.24. The van der Waals surface area contributed by atoms with Gasteiger partial charge in [0.25, 0.3) is 0 Å². The van der Waals surface area contributed by atoms with E-state index in [1.54, 1.807) is 0 Å². The minimum absolute atomic E-state index is 0.731. The first-order valence-corrected chi connectivity index (χ1v) is 9.56. The Balaban J connectivity index is 1.26. The average molecular weight is 327 g/mol. The molecule has 3 unspecified atom stereocenters. The van der Waals surface area contributed by atoms with Crippen molar-refractivity contribution in [1.82, 2.24) is 4.90 Å². The molecule has 0 bridgehead atoms. The second-order valence-corrected chi connectivity index (χ2v) is 8.26. The summed E-state index contributed by atoms with van der Waals surface area (Å²) in [5.41, 5.74) is 1.33. The molecule has 1 aromatic carbocycles. The quantitative estimate of drug-likeness (QED) is 0.753. The molecule has 0 N–H and O–H groups in total. The maximum Gasteiger partial charge on any atom is 0.0990 e. The van der Waals surface area contributed by atoms with Gasteiger partial charge in [-0.1, -0.05) is 37.3 Å². The number of nitrogens with zero attached hydrogens (tertiary/aromatic N) is 1. The second-order valence-electron chi connectivity index (χ2n) is 7.14. The number of thiophene rings is 1. The van der Waals surface area contributed by atoms with Crippen LogP contribution in [0.5, 0.6) is 0 Å². The first kappa shape index (κ1) is 15.4. The molecule has 0 radical (unpaired) electrons. The molecule has 0 spiro atoms. The first-order valence-electron chi connectivity index (χ1n) is 8.75. The smallest absolute Gasteiger partial charge is 0.0990 e. The number of rotatable bonds is 6. The van der Waals surface area contributed by atoms with Gasteiger partial charge in [0.05, 0.1) is 13.3 Å². The summed E-state index contributed by atoms with van der Waals surface area (Å²) in [6.07, 6.45) is 2.62. The lowest BCUT2D eigenvalue weighted by Gasteiger charge is -2.15. The summed E-state index contributed by atoms with van der Waals surface area (Å²) in [5, 5.41) is 0. The normalized spacial score (nSPS) is 27.4. The third-order valence-electron chi connectivity index (χ3n) is 5.09. The molecule has 1 aliphatic carbocycles. The Hall–Kier alpha value is -1.16. The van der Waals surface area contributed by atoms with Crippen molar-refractivity contribution < 1.29 is 4.74 Å². The van der Waals surface area contributed by atoms with Crippen LogP contribution in [0.3, 0.4) is 0 Å². The van der Waals surface area contributed by atoms with Crippen molar-refractivity contribution in [3.63, 3.8) is 0 Å². The van der Waals surface area contributed by atoms with Gasteiger partial charge in [-0.15, -0.1) is 11.3 Å². The summed E-state index contributed by atoms with van der Waals surface area (Å²) in [7, 11) is 0. The molecule has 1 saturated heterocycles. The molecular formula is C20H25NOS. The Labute approximate surface area is 143 Å². The summed E-state index contributed by atoms with van der Waals surface area (Å²) in [4.78, 5) is 5.37. The van der Waals surface area contributed by atoms with Crippen LogP contribution in [-0.2, 0) is 4.74 Å². The molecule has 2 heterocycles. The molecule has 4 rings (SSSR count). The van der Waals surface area contributed by atoms with Gasteiger partial charge in [0.15, 0.2) is 0 Å². The SMILES string of the molecule is CC1CCN(COCC2CC2c2ccc(-c3ccccc3)s2)C1. The first-order chi connectivity index (χ1) is 11.3. The highest BCUT2D eigenvalue weighted by Crippen LogP contribution is 2.50. The van der Waals surface area contributed by atoms with Gasteiger partial charge in [0.1, 0.15) is 0 Å².